The maximum absolute atomic E-state index is 12.1. The number of rotatable bonds is 23. The molecule has 14 nitrogen and oxygen atoms in total. The molecule has 1 N–H and O–H groups in total. The minimum atomic E-state index is -0.661. The Morgan fingerprint density at radius 2 is 1.07 bits per heavy atom. The Bertz CT molecular complexity index is 871. The molecule has 0 bridgehead atoms. The molecule has 0 radical (unpaired) electrons. The van der Waals surface area contributed by atoms with Crippen molar-refractivity contribution in [1.82, 2.24) is 10.3 Å². The lowest BCUT2D eigenvalue weighted by Crippen LogP contribution is -2.34. The summed E-state index contributed by atoms with van der Waals surface area (Å²) in [5, 5.41) is 2.61. The molecule has 1 aromatic heterocycles. The SMILES string of the molecule is CCOC(=O)c1cc(OCCOCCOCCOCCOCCOCCNC(=O)OC(C)(C)C)cc(C(=O)OCC)n1. The first-order valence-electron chi connectivity index (χ1n) is 14.0. The molecule has 0 aliphatic carbocycles. The second kappa shape index (κ2) is 22.5. The van der Waals surface area contributed by atoms with Crippen LogP contribution in [-0.4, -0.2) is 121 Å². The predicted molar refractivity (Wildman–Crippen MR) is 150 cm³/mol. The van der Waals surface area contributed by atoms with Gasteiger partial charge in [-0.2, -0.15) is 0 Å². The third-order valence-electron chi connectivity index (χ3n) is 4.67. The van der Waals surface area contributed by atoms with Gasteiger partial charge >= 0.3 is 18.0 Å². The van der Waals surface area contributed by atoms with Gasteiger partial charge in [0.25, 0.3) is 0 Å². The monoisotopic (exact) mass is 602 g/mol. The number of carbonyl (C=O) groups is 3. The normalized spacial score (nSPS) is 11.2. The van der Waals surface area contributed by atoms with Crippen molar-refractivity contribution in [3.8, 4) is 5.75 Å². The molecule has 0 saturated heterocycles. The number of nitrogens with one attached hydrogen (secondary N) is 1. The van der Waals surface area contributed by atoms with E-state index in [-0.39, 0.29) is 43.6 Å². The van der Waals surface area contributed by atoms with Crippen LogP contribution in [0.2, 0.25) is 0 Å². The molecule has 42 heavy (non-hydrogen) atoms. The third kappa shape index (κ3) is 19.1. The summed E-state index contributed by atoms with van der Waals surface area (Å²) in [6, 6.07) is 2.80. The number of alkyl carbamates (subject to hydrolysis) is 1. The molecule has 1 aromatic rings. The molecular formula is C28H46N2O12. The first kappa shape index (κ1) is 37.0. The number of aromatic nitrogens is 1. The number of pyridine rings is 1. The fraction of sp³-hybridized carbons (Fsp3) is 0.714. The topological polar surface area (TPSA) is 159 Å². The van der Waals surface area contributed by atoms with Crippen LogP contribution in [0.5, 0.6) is 5.75 Å². The molecular weight excluding hydrogens is 556 g/mol. The molecule has 0 aromatic carbocycles. The van der Waals surface area contributed by atoms with Gasteiger partial charge in [-0.3, -0.25) is 0 Å². The number of nitrogens with zero attached hydrogens (tertiary/aromatic N) is 1. The Morgan fingerprint density at radius 3 is 1.48 bits per heavy atom. The van der Waals surface area contributed by atoms with Crippen LogP contribution >= 0.6 is 0 Å². The second-order valence-electron chi connectivity index (χ2n) is 9.35. The van der Waals surface area contributed by atoms with E-state index in [9.17, 15) is 14.4 Å². The standard InChI is InChI=1S/C28H46N2O12/c1-6-39-25(31)23-20-22(21-24(30-23)26(32)40-7-2)41-19-18-38-17-16-37-15-14-36-13-12-35-11-10-34-9-8-29-27(33)42-28(3,4)5/h20-21H,6-19H2,1-5H3,(H,29,33). The summed E-state index contributed by atoms with van der Waals surface area (Å²) in [5.74, 6) is -1.05. The lowest BCUT2D eigenvalue weighted by Gasteiger charge is -2.19. The van der Waals surface area contributed by atoms with Gasteiger partial charge in [0, 0.05) is 18.7 Å². The van der Waals surface area contributed by atoms with Gasteiger partial charge in [-0.15, -0.1) is 0 Å². The lowest BCUT2D eigenvalue weighted by atomic mass is 10.2. The average molecular weight is 603 g/mol. The van der Waals surface area contributed by atoms with E-state index >= 15 is 0 Å². The second-order valence-corrected chi connectivity index (χ2v) is 9.35. The van der Waals surface area contributed by atoms with Crippen LogP contribution < -0.4 is 10.1 Å². The van der Waals surface area contributed by atoms with Gasteiger partial charge in [0.2, 0.25) is 0 Å². The van der Waals surface area contributed by atoms with Crippen LogP contribution in [-0.2, 0) is 37.9 Å². The van der Waals surface area contributed by atoms with E-state index in [1.165, 1.54) is 12.1 Å². The fourth-order valence-electron chi connectivity index (χ4n) is 2.95. The molecule has 0 aliphatic heterocycles. The number of hydrogen-bond donors (Lipinski definition) is 1. The number of esters is 2. The molecule has 1 amide bonds. The maximum Gasteiger partial charge on any atom is 0.407 e. The van der Waals surface area contributed by atoms with Crippen molar-refractivity contribution in [3.05, 3.63) is 23.5 Å². The highest BCUT2D eigenvalue weighted by Crippen LogP contribution is 2.16. The van der Waals surface area contributed by atoms with E-state index in [0.29, 0.717) is 66.0 Å². The van der Waals surface area contributed by atoms with Crippen molar-refractivity contribution in [2.24, 2.45) is 0 Å². The molecule has 0 aliphatic rings. The average Bonchev–Trinajstić information content (AvgIpc) is 2.93. The zero-order chi connectivity index (χ0) is 31.1. The fourth-order valence-corrected chi connectivity index (χ4v) is 2.95. The van der Waals surface area contributed by atoms with E-state index in [4.69, 9.17) is 42.6 Å². The van der Waals surface area contributed by atoms with Gasteiger partial charge in [0.15, 0.2) is 11.4 Å². The summed E-state index contributed by atoms with van der Waals surface area (Å²) in [7, 11) is 0. The minimum Gasteiger partial charge on any atom is -0.491 e. The van der Waals surface area contributed by atoms with Crippen LogP contribution in [0.4, 0.5) is 4.79 Å². The summed E-state index contributed by atoms with van der Waals surface area (Å²) in [5.41, 5.74) is -0.617. The number of hydrogen-bond acceptors (Lipinski definition) is 13. The summed E-state index contributed by atoms with van der Waals surface area (Å²) in [6.07, 6.45) is -0.469. The zero-order valence-electron chi connectivity index (χ0n) is 25.4. The van der Waals surface area contributed by atoms with Crippen molar-refractivity contribution in [2.75, 3.05) is 92.4 Å². The minimum absolute atomic E-state index is 0.0453. The molecule has 1 heterocycles. The predicted octanol–water partition coefficient (Wildman–Crippen LogP) is 2.42. The van der Waals surface area contributed by atoms with Gasteiger partial charge < -0.3 is 47.9 Å². The van der Waals surface area contributed by atoms with E-state index < -0.39 is 23.6 Å². The molecule has 0 unspecified atom stereocenters. The largest absolute Gasteiger partial charge is 0.491 e. The smallest absolute Gasteiger partial charge is 0.407 e. The molecule has 0 fully saturated rings. The number of ether oxygens (including phenoxy) is 9. The van der Waals surface area contributed by atoms with Gasteiger partial charge in [-0.1, -0.05) is 0 Å². The number of amides is 1. The van der Waals surface area contributed by atoms with Gasteiger partial charge in [0.1, 0.15) is 18.0 Å². The van der Waals surface area contributed by atoms with Gasteiger partial charge in [-0.05, 0) is 34.6 Å². The molecule has 1 rings (SSSR count). The first-order valence-corrected chi connectivity index (χ1v) is 14.0. The highest BCUT2D eigenvalue weighted by molar-refractivity contribution is 5.92. The highest BCUT2D eigenvalue weighted by atomic mass is 16.6. The lowest BCUT2D eigenvalue weighted by molar-refractivity contribution is -0.0126. The molecule has 0 saturated carbocycles. The quantitative estimate of drug-likeness (QED) is 0.111. The summed E-state index contributed by atoms with van der Waals surface area (Å²) in [4.78, 5) is 39.6. The van der Waals surface area contributed by atoms with Crippen LogP contribution in [0.25, 0.3) is 0 Å². The molecule has 0 spiro atoms. The molecule has 240 valence electrons. The summed E-state index contributed by atoms with van der Waals surface area (Å²) < 4.78 is 47.8. The van der Waals surface area contributed by atoms with Crippen LogP contribution in [0.3, 0.4) is 0 Å². The van der Waals surface area contributed by atoms with Crippen molar-refractivity contribution in [3.63, 3.8) is 0 Å². The maximum atomic E-state index is 12.1. The Hall–Kier alpha value is -3.04. The summed E-state index contributed by atoms with van der Waals surface area (Å²) >= 11 is 0. The van der Waals surface area contributed by atoms with Crippen molar-refractivity contribution >= 4 is 18.0 Å². The number of carbonyl (C=O) groups excluding carboxylic acids is 3. The Balaban J connectivity index is 2.00. The van der Waals surface area contributed by atoms with E-state index in [0.717, 1.165) is 0 Å². The van der Waals surface area contributed by atoms with Crippen LogP contribution in [0.15, 0.2) is 12.1 Å². The first-order chi connectivity index (χ1) is 20.2. The Kier molecular flexibility index (Phi) is 19.9. The van der Waals surface area contributed by atoms with Crippen LogP contribution in [0.1, 0.15) is 55.6 Å². The van der Waals surface area contributed by atoms with Crippen molar-refractivity contribution in [1.29, 1.82) is 0 Å². The molecule has 0 atom stereocenters. The van der Waals surface area contributed by atoms with E-state index in [2.05, 4.69) is 10.3 Å². The van der Waals surface area contributed by atoms with E-state index in [1.54, 1.807) is 34.6 Å². The Labute approximate surface area is 247 Å². The zero-order valence-corrected chi connectivity index (χ0v) is 25.4. The van der Waals surface area contributed by atoms with Crippen molar-refractivity contribution in [2.45, 2.75) is 40.2 Å². The van der Waals surface area contributed by atoms with Crippen molar-refractivity contribution < 1.29 is 57.0 Å². The van der Waals surface area contributed by atoms with Gasteiger partial charge in [-0.25, -0.2) is 19.4 Å². The summed E-state index contributed by atoms with van der Waals surface area (Å²) in [6.45, 7) is 13.6. The van der Waals surface area contributed by atoms with Crippen LogP contribution in [0, 0.1) is 0 Å². The van der Waals surface area contributed by atoms with Gasteiger partial charge in [0.05, 0.1) is 79.3 Å². The molecule has 14 heteroatoms. The third-order valence-corrected chi connectivity index (χ3v) is 4.67. The van der Waals surface area contributed by atoms with E-state index in [1.807, 2.05) is 0 Å². The highest BCUT2D eigenvalue weighted by Gasteiger charge is 2.17. The Morgan fingerprint density at radius 1 is 0.667 bits per heavy atom.